The summed E-state index contributed by atoms with van der Waals surface area (Å²) in [5, 5.41) is 3.09. The molecule has 0 aliphatic heterocycles. The zero-order valence-electron chi connectivity index (χ0n) is 15.9. The van der Waals surface area contributed by atoms with Crippen molar-refractivity contribution in [2.24, 2.45) is 0 Å². The minimum Gasteiger partial charge on any atom is -0.490 e. The van der Waals surface area contributed by atoms with Crippen molar-refractivity contribution in [1.82, 2.24) is 5.32 Å². The Hall–Kier alpha value is -1.98. The van der Waals surface area contributed by atoms with E-state index in [2.05, 4.69) is 29.6 Å². The van der Waals surface area contributed by atoms with E-state index in [4.69, 9.17) is 9.47 Å². The number of carbonyl (C=O) groups excluding carboxylic acids is 1. The van der Waals surface area contributed by atoms with E-state index < -0.39 is 0 Å². The lowest BCUT2D eigenvalue weighted by molar-refractivity contribution is 0.0915. The van der Waals surface area contributed by atoms with Crippen LogP contribution >= 0.6 is 11.8 Å². The Bertz CT molecular complexity index is 743. The van der Waals surface area contributed by atoms with Crippen LogP contribution in [0, 0.1) is 0 Å². The summed E-state index contributed by atoms with van der Waals surface area (Å²) in [5.74, 6) is 1.51. The van der Waals surface area contributed by atoms with E-state index in [-0.39, 0.29) is 18.1 Å². The van der Waals surface area contributed by atoms with Gasteiger partial charge in [0, 0.05) is 17.8 Å². The molecule has 0 bridgehead atoms. The van der Waals surface area contributed by atoms with Crippen LogP contribution in [-0.2, 0) is 4.74 Å². The van der Waals surface area contributed by atoms with Crippen molar-refractivity contribution in [2.45, 2.75) is 43.2 Å². The van der Waals surface area contributed by atoms with Crippen LogP contribution in [0.2, 0.25) is 0 Å². The Morgan fingerprint density at radius 3 is 2.59 bits per heavy atom. The SMILES string of the molecule is COCCSc1ccc(C(C)NC(=O)c2ccccc2OC2CCC2)cc1. The second-order valence-corrected chi connectivity index (χ2v) is 7.94. The number of carbonyl (C=O) groups is 1. The molecule has 1 unspecified atom stereocenters. The van der Waals surface area contributed by atoms with Crippen LogP contribution in [0.4, 0.5) is 0 Å². The van der Waals surface area contributed by atoms with E-state index in [0.29, 0.717) is 11.3 Å². The summed E-state index contributed by atoms with van der Waals surface area (Å²) in [6, 6.07) is 15.7. The van der Waals surface area contributed by atoms with Gasteiger partial charge < -0.3 is 14.8 Å². The first-order valence-electron chi connectivity index (χ1n) is 9.45. The molecule has 5 heteroatoms. The number of benzene rings is 2. The highest BCUT2D eigenvalue weighted by Gasteiger charge is 2.22. The molecule has 3 rings (SSSR count). The molecular weight excluding hydrogens is 358 g/mol. The van der Waals surface area contributed by atoms with Crippen LogP contribution in [0.5, 0.6) is 5.75 Å². The highest BCUT2D eigenvalue weighted by Crippen LogP contribution is 2.28. The quantitative estimate of drug-likeness (QED) is 0.495. The molecule has 2 aromatic carbocycles. The molecule has 1 aliphatic rings. The largest absolute Gasteiger partial charge is 0.490 e. The lowest BCUT2D eigenvalue weighted by Crippen LogP contribution is -2.29. The molecule has 2 aromatic rings. The predicted octanol–water partition coefficient (Wildman–Crippen LogP) is 4.85. The van der Waals surface area contributed by atoms with Gasteiger partial charge in [0.05, 0.1) is 24.3 Å². The molecule has 0 saturated heterocycles. The lowest BCUT2D eigenvalue weighted by Gasteiger charge is -2.27. The zero-order valence-corrected chi connectivity index (χ0v) is 16.8. The smallest absolute Gasteiger partial charge is 0.255 e. The van der Waals surface area contributed by atoms with Gasteiger partial charge in [-0.15, -0.1) is 11.8 Å². The van der Waals surface area contributed by atoms with Crippen LogP contribution in [0.1, 0.15) is 48.1 Å². The van der Waals surface area contributed by atoms with Crippen molar-refractivity contribution in [3.05, 3.63) is 59.7 Å². The number of nitrogens with one attached hydrogen (secondary N) is 1. The van der Waals surface area contributed by atoms with Crippen molar-refractivity contribution in [3.8, 4) is 5.75 Å². The fourth-order valence-electron chi connectivity index (χ4n) is 2.88. The van der Waals surface area contributed by atoms with Crippen molar-refractivity contribution in [1.29, 1.82) is 0 Å². The maximum Gasteiger partial charge on any atom is 0.255 e. The number of ether oxygens (including phenoxy) is 2. The van der Waals surface area contributed by atoms with E-state index in [1.807, 2.05) is 31.2 Å². The Morgan fingerprint density at radius 1 is 1.19 bits per heavy atom. The number of rotatable bonds is 9. The molecule has 0 heterocycles. The maximum atomic E-state index is 12.8. The van der Waals surface area contributed by atoms with Gasteiger partial charge in [0.2, 0.25) is 0 Å². The van der Waals surface area contributed by atoms with Crippen LogP contribution in [0.15, 0.2) is 53.4 Å². The first-order chi connectivity index (χ1) is 13.2. The second kappa shape index (κ2) is 9.81. The molecule has 1 fully saturated rings. The Balaban J connectivity index is 1.60. The van der Waals surface area contributed by atoms with Crippen molar-refractivity contribution in [2.75, 3.05) is 19.5 Å². The van der Waals surface area contributed by atoms with E-state index in [1.54, 1.807) is 18.9 Å². The van der Waals surface area contributed by atoms with E-state index in [9.17, 15) is 4.79 Å². The molecule has 1 amide bonds. The third kappa shape index (κ3) is 5.50. The van der Waals surface area contributed by atoms with Crippen LogP contribution in [-0.4, -0.2) is 31.5 Å². The van der Waals surface area contributed by atoms with Gasteiger partial charge in [0.1, 0.15) is 5.75 Å². The van der Waals surface area contributed by atoms with Gasteiger partial charge in [-0.05, 0) is 56.0 Å². The number of hydrogen-bond acceptors (Lipinski definition) is 4. The summed E-state index contributed by atoms with van der Waals surface area (Å²) >= 11 is 1.76. The van der Waals surface area contributed by atoms with Gasteiger partial charge >= 0.3 is 0 Å². The highest BCUT2D eigenvalue weighted by molar-refractivity contribution is 7.99. The molecule has 1 N–H and O–H groups in total. The van der Waals surface area contributed by atoms with Crippen LogP contribution < -0.4 is 10.1 Å². The Morgan fingerprint density at radius 2 is 1.93 bits per heavy atom. The van der Waals surface area contributed by atoms with Crippen molar-refractivity contribution >= 4 is 17.7 Å². The molecule has 0 radical (unpaired) electrons. The van der Waals surface area contributed by atoms with E-state index in [0.717, 1.165) is 30.8 Å². The fourth-order valence-corrected chi connectivity index (χ4v) is 3.69. The molecular formula is C22H27NO3S. The van der Waals surface area contributed by atoms with Gasteiger partial charge in [-0.25, -0.2) is 0 Å². The normalized spacial score (nSPS) is 15.0. The minimum atomic E-state index is -0.101. The molecule has 0 spiro atoms. The van der Waals surface area contributed by atoms with Crippen LogP contribution in [0.3, 0.4) is 0 Å². The second-order valence-electron chi connectivity index (χ2n) is 6.77. The monoisotopic (exact) mass is 385 g/mol. The van der Waals surface area contributed by atoms with Gasteiger partial charge in [0.15, 0.2) is 0 Å². The summed E-state index contributed by atoms with van der Waals surface area (Å²) < 4.78 is 11.1. The Labute approximate surface area is 165 Å². The minimum absolute atomic E-state index is 0.0766. The highest BCUT2D eigenvalue weighted by atomic mass is 32.2. The van der Waals surface area contributed by atoms with Crippen LogP contribution in [0.25, 0.3) is 0 Å². The third-order valence-electron chi connectivity index (χ3n) is 4.76. The first-order valence-corrected chi connectivity index (χ1v) is 10.4. The summed E-state index contributed by atoms with van der Waals surface area (Å²) in [4.78, 5) is 14.0. The predicted molar refractivity (Wildman–Crippen MR) is 110 cm³/mol. The van der Waals surface area contributed by atoms with Gasteiger partial charge in [-0.2, -0.15) is 0 Å². The number of amides is 1. The molecule has 1 saturated carbocycles. The summed E-state index contributed by atoms with van der Waals surface area (Å²) in [7, 11) is 1.71. The molecule has 4 nitrogen and oxygen atoms in total. The van der Waals surface area contributed by atoms with E-state index in [1.165, 1.54) is 11.3 Å². The summed E-state index contributed by atoms with van der Waals surface area (Å²) in [6.07, 6.45) is 3.59. The summed E-state index contributed by atoms with van der Waals surface area (Å²) in [5.41, 5.74) is 1.68. The first kappa shape index (κ1) is 19.8. The average molecular weight is 386 g/mol. The number of hydrogen-bond donors (Lipinski definition) is 1. The van der Waals surface area contributed by atoms with Gasteiger partial charge in [-0.1, -0.05) is 24.3 Å². The lowest BCUT2D eigenvalue weighted by atomic mass is 9.96. The molecule has 0 aromatic heterocycles. The summed E-state index contributed by atoms with van der Waals surface area (Å²) in [6.45, 7) is 2.74. The number of para-hydroxylation sites is 1. The maximum absolute atomic E-state index is 12.8. The number of methoxy groups -OCH3 is 1. The standard InChI is InChI=1S/C22H27NO3S/c1-16(17-10-12-19(13-11-17)27-15-14-25-2)23-22(24)20-8-3-4-9-21(20)26-18-6-5-7-18/h3-4,8-13,16,18H,5-7,14-15H2,1-2H3,(H,23,24). The Kier molecular flexibility index (Phi) is 7.18. The van der Waals surface area contributed by atoms with Crippen molar-refractivity contribution < 1.29 is 14.3 Å². The van der Waals surface area contributed by atoms with Gasteiger partial charge in [-0.3, -0.25) is 4.79 Å². The average Bonchev–Trinajstić information content (AvgIpc) is 2.65. The van der Waals surface area contributed by atoms with E-state index >= 15 is 0 Å². The molecule has 1 atom stereocenters. The van der Waals surface area contributed by atoms with Gasteiger partial charge in [0.25, 0.3) is 5.91 Å². The number of thioether (sulfide) groups is 1. The molecule has 144 valence electrons. The zero-order chi connectivity index (χ0) is 19.1. The molecule has 27 heavy (non-hydrogen) atoms. The molecule has 1 aliphatic carbocycles. The topological polar surface area (TPSA) is 47.6 Å². The van der Waals surface area contributed by atoms with Crippen molar-refractivity contribution in [3.63, 3.8) is 0 Å². The third-order valence-corrected chi connectivity index (χ3v) is 5.74. The fraction of sp³-hybridized carbons (Fsp3) is 0.409.